The number of aliphatic hydroxyl groups excluding tert-OH is 1. The third-order valence-corrected chi connectivity index (χ3v) is 2.45. The molecule has 0 spiro atoms. The highest BCUT2D eigenvalue weighted by Crippen LogP contribution is 2.25. The van der Waals surface area contributed by atoms with Gasteiger partial charge in [0.15, 0.2) is 0 Å². The Morgan fingerprint density at radius 2 is 2.25 bits per heavy atom. The van der Waals surface area contributed by atoms with Gasteiger partial charge < -0.3 is 14.9 Å². The van der Waals surface area contributed by atoms with E-state index in [0.717, 1.165) is 0 Å². The van der Waals surface area contributed by atoms with Crippen LogP contribution >= 0.6 is 0 Å². The van der Waals surface area contributed by atoms with E-state index < -0.39 is 18.0 Å². The molecule has 1 heterocycles. The molecule has 2 unspecified atom stereocenters. The number of rotatable bonds is 5. The molecule has 5 heteroatoms. The van der Waals surface area contributed by atoms with E-state index in [-0.39, 0.29) is 0 Å². The van der Waals surface area contributed by atoms with Gasteiger partial charge in [0.05, 0.1) is 19.1 Å². The number of methoxy groups -OCH3 is 1. The van der Waals surface area contributed by atoms with E-state index in [1.54, 1.807) is 19.1 Å². The largest absolute Gasteiger partial charge is 0.481 e. The van der Waals surface area contributed by atoms with Crippen molar-refractivity contribution >= 4 is 5.97 Å². The molecule has 1 aromatic rings. The summed E-state index contributed by atoms with van der Waals surface area (Å²) in [5.41, 5.74) is 0.482. The number of aliphatic hydroxyl groups is 1. The molecule has 1 aromatic heterocycles. The molecule has 0 saturated heterocycles. The van der Waals surface area contributed by atoms with Crippen LogP contribution in [0.5, 0.6) is 5.88 Å². The van der Waals surface area contributed by atoms with Crippen LogP contribution in [0.3, 0.4) is 0 Å². The topological polar surface area (TPSA) is 79.7 Å². The van der Waals surface area contributed by atoms with Gasteiger partial charge in [0.1, 0.15) is 0 Å². The van der Waals surface area contributed by atoms with Gasteiger partial charge in [0, 0.05) is 12.3 Å². The summed E-state index contributed by atoms with van der Waals surface area (Å²) < 4.78 is 4.87. The number of aliphatic carboxylic acids is 1. The van der Waals surface area contributed by atoms with Crippen molar-refractivity contribution < 1.29 is 19.7 Å². The van der Waals surface area contributed by atoms with Crippen LogP contribution in [0.1, 0.15) is 25.0 Å². The van der Waals surface area contributed by atoms with Gasteiger partial charge in [-0.3, -0.25) is 4.79 Å². The van der Waals surface area contributed by atoms with Crippen LogP contribution in [0, 0.1) is 5.92 Å². The van der Waals surface area contributed by atoms with Gasteiger partial charge >= 0.3 is 5.97 Å². The molecule has 0 saturated carbocycles. The first kappa shape index (κ1) is 12.4. The van der Waals surface area contributed by atoms with Gasteiger partial charge in [-0.15, -0.1) is 0 Å². The fourth-order valence-corrected chi connectivity index (χ4v) is 1.45. The lowest BCUT2D eigenvalue weighted by Crippen LogP contribution is -2.21. The van der Waals surface area contributed by atoms with Crippen molar-refractivity contribution in [2.45, 2.75) is 19.4 Å². The maximum absolute atomic E-state index is 10.9. The highest BCUT2D eigenvalue weighted by Gasteiger charge is 2.26. The Labute approximate surface area is 93.7 Å². The minimum Gasteiger partial charge on any atom is -0.481 e. The van der Waals surface area contributed by atoms with E-state index in [9.17, 15) is 9.90 Å². The summed E-state index contributed by atoms with van der Waals surface area (Å²) in [4.78, 5) is 14.8. The first-order chi connectivity index (χ1) is 7.60. The van der Waals surface area contributed by atoms with E-state index >= 15 is 0 Å². The molecule has 5 nitrogen and oxygen atoms in total. The summed E-state index contributed by atoms with van der Waals surface area (Å²) in [7, 11) is 1.49. The number of carboxylic acid groups (broad SMARTS) is 1. The Morgan fingerprint density at radius 3 is 2.62 bits per heavy atom. The number of aromatic nitrogens is 1. The molecule has 16 heavy (non-hydrogen) atoms. The Bertz CT molecular complexity index is 350. The number of ether oxygens (including phenoxy) is 1. The second-order valence-electron chi connectivity index (χ2n) is 3.43. The van der Waals surface area contributed by atoms with Crippen molar-refractivity contribution in [2.75, 3.05) is 7.11 Å². The predicted octanol–water partition coefficient (Wildman–Crippen LogP) is 1.23. The molecular formula is C11H15NO4. The minimum atomic E-state index is -1.04. The van der Waals surface area contributed by atoms with Crippen LogP contribution in [-0.2, 0) is 4.79 Å². The molecular weight excluding hydrogens is 210 g/mol. The molecule has 0 aliphatic heterocycles. The monoisotopic (exact) mass is 225 g/mol. The van der Waals surface area contributed by atoms with Gasteiger partial charge in [0.2, 0.25) is 5.88 Å². The average molecular weight is 225 g/mol. The predicted molar refractivity (Wildman–Crippen MR) is 57.2 cm³/mol. The number of nitrogens with zero attached hydrogens (tertiary/aromatic N) is 1. The summed E-state index contributed by atoms with van der Waals surface area (Å²) in [5.74, 6) is -1.39. The normalized spacial score (nSPS) is 14.2. The van der Waals surface area contributed by atoms with E-state index in [2.05, 4.69) is 4.98 Å². The first-order valence-corrected chi connectivity index (χ1v) is 5.01. The van der Waals surface area contributed by atoms with E-state index in [1.165, 1.54) is 13.3 Å². The quantitative estimate of drug-likeness (QED) is 0.788. The number of pyridine rings is 1. The van der Waals surface area contributed by atoms with Gasteiger partial charge in [0.25, 0.3) is 0 Å². The number of carbonyl (C=O) groups is 1. The molecule has 0 aliphatic rings. The van der Waals surface area contributed by atoms with Gasteiger partial charge in [-0.1, -0.05) is 6.92 Å². The molecule has 0 bridgehead atoms. The highest BCUT2D eigenvalue weighted by molar-refractivity contribution is 5.70. The third-order valence-electron chi connectivity index (χ3n) is 2.45. The molecule has 2 N–H and O–H groups in total. The van der Waals surface area contributed by atoms with E-state index in [0.29, 0.717) is 17.9 Å². The molecule has 1 rings (SSSR count). The smallest absolute Gasteiger partial charge is 0.309 e. The summed E-state index contributed by atoms with van der Waals surface area (Å²) in [6.45, 7) is 1.72. The number of hydrogen-bond donors (Lipinski definition) is 2. The molecule has 0 amide bonds. The summed E-state index contributed by atoms with van der Waals surface area (Å²) >= 11 is 0. The van der Waals surface area contributed by atoms with Crippen molar-refractivity contribution in [3.63, 3.8) is 0 Å². The Hall–Kier alpha value is -1.62. The van der Waals surface area contributed by atoms with Crippen molar-refractivity contribution in [3.05, 3.63) is 23.9 Å². The van der Waals surface area contributed by atoms with Crippen LogP contribution in [0.2, 0.25) is 0 Å². The number of hydrogen-bond acceptors (Lipinski definition) is 4. The fraction of sp³-hybridized carbons (Fsp3) is 0.455. The van der Waals surface area contributed by atoms with Crippen molar-refractivity contribution in [1.29, 1.82) is 0 Å². The molecule has 0 fully saturated rings. The summed E-state index contributed by atoms with van der Waals surface area (Å²) in [6, 6.07) is 3.20. The zero-order valence-corrected chi connectivity index (χ0v) is 9.25. The van der Waals surface area contributed by atoms with Gasteiger partial charge in [-0.2, -0.15) is 0 Å². The second-order valence-corrected chi connectivity index (χ2v) is 3.43. The molecule has 88 valence electrons. The van der Waals surface area contributed by atoms with Crippen LogP contribution in [0.15, 0.2) is 18.3 Å². The maximum atomic E-state index is 10.9. The lowest BCUT2D eigenvalue weighted by atomic mass is 9.95. The lowest BCUT2D eigenvalue weighted by Gasteiger charge is -2.17. The zero-order chi connectivity index (χ0) is 12.1. The minimum absolute atomic E-state index is 0.364. The van der Waals surface area contributed by atoms with Crippen molar-refractivity contribution in [3.8, 4) is 5.88 Å². The zero-order valence-electron chi connectivity index (χ0n) is 9.25. The lowest BCUT2D eigenvalue weighted by molar-refractivity contribution is -0.146. The molecule has 0 radical (unpaired) electrons. The second kappa shape index (κ2) is 5.46. The summed E-state index contributed by atoms with van der Waals surface area (Å²) in [5, 5.41) is 18.8. The standard InChI is InChI=1S/C11H15NO4/c1-3-8(11(14)15)10(13)7-4-5-9(16-2)12-6-7/h4-6,8,10,13H,3H2,1-2H3,(H,14,15). The molecule has 0 aliphatic carbocycles. The van der Waals surface area contributed by atoms with Crippen molar-refractivity contribution in [1.82, 2.24) is 4.98 Å². The summed E-state index contributed by atoms with van der Waals surface area (Å²) in [6.07, 6.45) is 0.748. The van der Waals surface area contributed by atoms with E-state index in [1.807, 2.05) is 0 Å². The molecule has 0 aromatic carbocycles. The van der Waals surface area contributed by atoms with E-state index in [4.69, 9.17) is 9.84 Å². The van der Waals surface area contributed by atoms with Crippen LogP contribution in [-0.4, -0.2) is 28.3 Å². The Balaban J connectivity index is 2.86. The Morgan fingerprint density at radius 1 is 1.56 bits per heavy atom. The first-order valence-electron chi connectivity index (χ1n) is 5.01. The average Bonchev–Trinajstić information content (AvgIpc) is 2.29. The van der Waals surface area contributed by atoms with Crippen molar-refractivity contribution in [2.24, 2.45) is 5.92 Å². The van der Waals surface area contributed by atoms with Crippen LogP contribution in [0.4, 0.5) is 0 Å². The maximum Gasteiger partial charge on any atom is 0.309 e. The molecule has 2 atom stereocenters. The van der Waals surface area contributed by atoms with Crippen LogP contribution < -0.4 is 4.74 Å². The fourth-order valence-electron chi connectivity index (χ4n) is 1.45. The highest BCUT2D eigenvalue weighted by atomic mass is 16.5. The van der Waals surface area contributed by atoms with Crippen LogP contribution in [0.25, 0.3) is 0 Å². The Kier molecular flexibility index (Phi) is 4.25. The van der Waals surface area contributed by atoms with Gasteiger partial charge in [-0.05, 0) is 18.1 Å². The SMILES string of the molecule is CCC(C(=O)O)C(O)c1ccc(OC)nc1. The third kappa shape index (κ3) is 2.70. The number of carboxylic acids is 1. The van der Waals surface area contributed by atoms with Gasteiger partial charge in [-0.25, -0.2) is 4.98 Å².